The second-order valence-corrected chi connectivity index (χ2v) is 22.3. The first-order valence-corrected chi connectivity index (χ1v) is 24.9. The Morgan fingerprint density at radius 2 is 1.22 bits per heavy atom. The molecule has 0 fully saturated rings. The minimum Gasteiger partial charge on any atom is -0.392 e. The summed E-state index contributed by atoms with van der Waals surface area (Å²) in [4.78, 5) is 0. The van der Waals surface area contributed by atoms with Crippen LogP contribution in [0.5, 0.6) is 5.75 Å². The summed E-state index contributed by atoms with van der Waals surface area (Å²) in [5, 5.41) is 0. The molecule has 0 saturated carbocycles. The molecule has 0 N–H and O–H groups in total. The molecule has 1 atom stereocenters. The molecule has 0 radical (unpaired) electrons. The molecule has 4 nitrogen and oxygen atoms in total. The van der Waals surface area contributed by atoms with Gasteiger partial charge in [-0.3, -0.25) is 0 Å². The van der Waals surface area contributed by atoms with E-state index in [1.54, 1.807) is 4.57 Å². The Hall–Kier alpha value is -6.26. The van der Waals surface area contributed by atoms with Gasteiger partial charge in [-0.15, -0.1) is 9.13 Å². The lowest BCUT2D eigenvalue weighted by Crippen LogP contribution is -2.78. The number of para-hydroxylation sites is 2. The molecule has 11 rings (SSSR count). The molecule has 0 amide bonds. The van der Waals surface area contributed by atoms with Crippen LogP contribution in [0.1, 0.15) is 152 Å². The van der Waals surface area contributed by atoms with Crippen molar-refractivity contribution in [2.24, 2.45) is 0 Å². The summed E-state index contributed by atoms with van der Waals surface area (Å²) in [6, 6.07) is 31.0. The van der Waals surface area contributed by atoms with Crippen molar-refractivity contribution in [3.8, 4) is 67.5 Å². The van der Waals surface area contributed by atoms with Crippen LogP contribution in [0.15, 0.2) is 133 Å². The van der Waals surface area contributed by atoms with Crippen molar-refractivity contribution in [2.75, 3.05) is 0 Å². The summed E-state index contributed by atoms with van der Waals surface area (Å²) in [5.41, 5.74) is 13.4. The molecule has 68 heavy (non-hydrogen) atoms. The number of pyridine rings is 1. The molecule has 4 heteroatoms. The number of benzene rings is 6. The normalized spacial score (nSPS) is 17.3. The van der Waals surface area contributed by atoms with Gasteiger partial charge in [-0.05, 0) is 153 Å². The van der Waals surface area contributed by atoms with E-state index in [1.807, 2.05) is 39.0 Å². The fraction of sp³-hybridized carbons (Fsp3) is 0.344. The smallest absolute Gasteiger partial charge is 0.392 e. The minimum absolute atomic E-state index is 0.0272. The molecule has 0 bridgehead atoms. The molecule has 344 valence electrons. The largest absolute Gasteiger partial charge is 0.499 e. The van der Waals surface area contributed by atoms with Crippen LogP contribution < -0.4 is 13.9 Å². The SMILES string of the molecule is [2H]c1c([2H])c(C(C)(C)C)c([2H])c([2H])c1-c1c([2H])c([2H])[n+]2c(c1[2H])-c1cc(C(C)(C)C)cc3c1C21Oc2ccccc2-c2n(-c4ccc(-c5c(C(C)(CC)CC)cccc5C(C)(CC)CC)cc4C)c4cccc-3c4[n+]21. The first kappa shape index (κ1) is 36.7. The first-order chi connectivity index (χ1) is 35.4. The monoisotopic (exact) mass is 903 g/mol. The number of aryl methyl sites for hydroxylation is 1. The highest BCUT2D eigenvalue weighted by atomic mass is 16.5. The molecule has 2 aromatic heterocycles. The van der Waals surface area contributed by atoms with E-state index in [4.69, 9.17) is 4.74 Å². The van der Waals surface area contributed by atoms with Crippen molar-refractivity contribution in [2.45, 2.75) is 143 Å². The Morgan fingerprint density at radius 1 is 0.603 bits per heavy atom. The lowest BCUT2D eigenvalue weighted by molar-refractivity contribution is -0.997. The number of imidazole rings is 1. The minimum atomic E-state index is -1.65. The van der Waals surface area contributed by atoms with Gasteiger partial charge in [-0.25, -0.2) is 0 Å². The van der Waals surface area contributed by atoms with Gasteiger partial charge in [-0.1, -0.05) is 150 Å². The molecule has 1 unspecified atom stereocenters. The fourth-order valence-corrected chi connectivity index (χ4v) is 11.4. The van der Waals surface area contributed by atoms with Crippen LogP contribution in [0.2, 0.25) is 0 Å². The van der Waals surface area contributed by atoms with Crippen molar-refractivity contribution in [3.63, 3.8) is 0 Å². The van der Waals surface area contributed by atoms with Crippen LogP contribution in [0.3, 0.4) is 0 Å². The highest BCUT2D eigenvalue weighted by Crippen LogP contribution is 2.55. The Bertz CT molecular complexity index is 3730. The highest BCUT2D eigenvalue weighted by molar-refractivity contribution is 5.98. The summed E-state index contributed by atoms with van der Waals surface area (Å²) in [5.74, 6) is -0.256. The summed E-state index contributed by atoms with van der Waals surface area (Å²) >= 11 is 0. The predicted molar refractivity (Wildman–Crippen MR) is 282 cm³/mol. The summed E-state index contributed by atoms with van der Waals surface area (Å²) in [6.07, 6.45) is 3.79. The lowest BCUT2D eigenvalue weighted by Gasteiger charge is -2.36. The number of ether oxygens (including phenoxy) is 1. The molecular weight excluding hydrogens is 827 g/mol. The lowest BCUT2D eigenvalue weighted by atomic mass is 9.68. The highest BCUT2D eigenvalue weighted by Gasteiger charge is 2.68. The van der Waals surface area contributed by atoms with E-state index in [1.165, 1.54) is 22.3 Å². The Morgan fingerprint density at radius 3 is 1.85 bits per heavy atom. The van der Waals surface area contributed by atoms with Crippen molar-refractivity contribution in [3.05, 3.63) is 167 Å². The van der Waals surface area contributed by atoms with Gasteiger partial charge in [0.1, 0.15) is 23.9 Å². The van der Waals surface area contributed by atoms with Crippen molar-refractivity contribution >= 4 is 11.0 Å². The fourth-order valence-electron chi connectivity index (χ4n) is 11.4. The van der Waals surface area contributed by atoms with Gasteiger partial charge in [-0.2, -0.15) is 4.57 Å². The molecule has 3 aliphatic heterocycles. The average Bonchev–Trinajstić information content (AvgIpc) is 4.06. The molecule has 5 heterocycles. The molecule has 1 spiro atoms. The van der Waals surface area contributed by atoms with E-state index in [9.17, 15) is 9.60 Å². The Kier molecular flexibility index (Phi) is 8.17. The van der Waals surface area contributed by atoms with Gasteiger partial charge in [0, 0.05) is 23.2 Å². The zero-order valence-electron chi connectivity index (χ0n) is 49.2. The van der Waals surface area contributed by atoms with Crippen LogP contribution in [0, 0.1) is 6.92 Å². The molecule has 3 aliphatic rings. The second kappa shape index (κ2) is 15.1. The van der Waals surface area contributed by atoms with E-state index in [2.05, 4.69) is 151 Å². The van der Waals surface area contributed by atoms with E-state index < -0.39 is 11.3 Å². The maximum atomic E-state index is 10.3. The van der Waals surface area contributed by atoms with Crippen LogP contribution in [0.25, 0.3) is 72.7 Å². The Labute approximate surface area is 415 Å². The van der Waals surface area contributed by atoms with E-state index in [0.29, 0.717) is 17.0 Å². The zero-order chi connectivity index (χ0) is 54.0. The molecule has 6 aromatic carbocycles. The third-order valence-corrected chi connectivity index (χ3v) is 16.4. The molecule has 8 aromatic rings. The summed E-state index contributed by atoms with van der Waals surface area (Å²) in [7, 11) is 0. The number of rotatable bonds is 9. The molecule has 0 saturated heterocycles. The number of aromatic nitrogens is 3. The number of fused-ring (bicyclic) bond motifs is 5. The third kappa shape index (κ3) is 6.11. The summed E-state index contributed by atoms with van der Waals surface area (Å²) in [6.45, 7) is 28.3. The van der Waals surface area contributed by atoms with E-state index in [-0.39, 0.29) is 75.4 Å². The predicted octanol–water partition coefficient (Wildman–Crippen LogP) is 15.8. The molecular formula is C64H69N3O+2. The van der Waals surface area contributed by atoms with Gasteiger partial charge in [0.2, 0.25) is 5.69 Å². The number of hydrogen-bond donors (Lipinski definition) is 0. The van der Waals surface area contributed by atoms with Crippen molar-refractivity contribution in [1.82, 2.24) is 4.57 Å². The van der Waals surface area contributed by atoms with Crippen LogP contribution in [-0.2, 0) is 27.5 Å². The maximum absolute atomic E-state index is 10.3. The van der Waals surface area contributed by atoms with Crippen molar-refractivity contribution < 1.29 is 23.5 Å². The average molecular weight is 903 g/mol. The van der Waals surface area contributed by atoms with Crippen LogP contribution in [0.4, 0.5) is 0 Å². The zero-order valence-corrected chi connectivity index (χ0v) is 42.2. The number of hydrogen-bond acceptors (Lipinski definition) is 1. The van der Waals surface area contributed by atoms with Gasteiger partial charge < -0.3 is 4.74 Å². The van der Waals surface area contributed by atoms with Crippen LogP contribution >= 0.6 is 0 Å². The van der Waals surface area contributed by atoms with E-state index >= 15 is 0 Å². The second-order valence-electron chi connectivity index (χ2n) is 22.3. The first-order valence-electron chi connectivity index (χ1n) is 28.4. The van der Waals surface area contributed by atoms with Crippen molar-refractivity contribution in [1.29, 1.82) is 0 Å². The van der Waals surface area contributed by atoms with Crippen LogP contribution in [-0.4, -0.2) is 4.57 Å². The molecule has 0 aliphatic carbocycles. The van der Waals surface area contributed by atoms with Gasteiger partial charge in [0.05, 0.1) is 13.8 Å². The number of nitrogens with zero attached hydrogens (tertiary/aromatic N) is 3. The summed E-state index contributed by atoms with van der Waals surface area (Å²) < 4.78 is 81.6. The Balaban J connectivity index is 1.26. The van der Waals surface area contributed by atoms with Gasteiger partial charge in [0.25, 0.3) is 0 Å². The van der Waals surface area contributed by atoms with Gasteiger partial charge in [0.15, 0.2) is 17.2 Å². The maximum Gasteiger partial charge on any atom is 0.499 e. The van der Waals surface area contributed by atoms with Gasteiger partial charge >= 0.3 is 11.7 Å². The standard InChI is InChI=1S/C64H69N3O/c1-14-62(12,15-2)50-24-21-25-51(63(13,16-3)17-4)56(50)43-30-33-52(40(5)36-43)66-53-26-20-23-46-48-38-45(61(9,10)11)39-49-54-37-42(41-28-31-44(32-29-41)60(6,7)8)34-35-65(54)64(57(48)49)67(58(46)53)59(66)47-22-18-19-27-55(47)68-64/h18-39H,14-17H2,1-13H3/q+2/i28D,29D,31D,32D,34D,35D,37D. The van der Waals surface area contributed by atoms with E-state index in [0.717, 1.165) is 81.6 Å². The topological polar surface area (TPSA) is 21.9 Å². The third-order valence-electron chi connectivity index (χ3n) is 16.4. The quantitative estimate of drug-likeness (QED) is 0.132.